The Kier molecular flexibility index (Phi) is 6.52. The Bertz CT molecular complexity index is 957. The van der Waals surface area contributed by atoms with Gasteiger partial charge in [0.2, 0.25) is 5.91 Å². The van der Waals surface area contributed by atoms with E-state index < -0.39 is 0 Å². The first-order chi connectivity index (χ1) is 14.0. The highest BCUT2D eigenvalue weighted by atomic mass is 16.2. The zero-order valence-corrected chi connectivity index (χ0v) is 16.4. The van der Waals surface area contributed by atoms with Crippen molar-refractivity contribution in [1.29, 1.82) is 0 Å². The van der Waals surface area contributed by atoms with Crippen LogP contribution in [0, 0.1) is 0 Å². The molecular formula is C22H23N5O2. The third-order valence-electron chi connectivity index (χ3n) is 4.27. The topological polar surface area (TPSA) is 87.2 Å². The van der Waals surface area contributed by atoms with Crippen molar-refractivity contribution in [1.82, 2.24) is 10.2 Å². The molecule has 1 heterocycles. The molecule has 0 radical (unpaired) electrons. The Morgan fingerprint density at radius 2 is 1.52 bits per heavy atom. The van der Waals surface area contributed by atoms with Crippen molar-refractivity contribution in [2.45, 2.75) is 20.4 Å². The molecule has 7 heteroatoms. The summed E-state index contributed by atoms with van der Waals surface area (Å²) in [6.07, 6.45) is 0. The number of carbonyl (C=O) groups excluding carboxylic acids is 2. The molecule has 1 aromatic heterocycles. The number of benzene rings is 2. The number of amides is 2. The summed E-state index contributed by atoms with van der Waals surface area (Å²) < 4.78 is 0. The number of rotatable bonds is 7. The maximum absolute atomic E-state index is 12.4. The van der Waals surface area contributed by atoms with Gasteiger partial charge in [0.25, 0.3) is 5.91 Å². The van der Waals surface area contributed by atoms with Crippen LogP contribution in [0.3, 0.4) is 0 Å². The molecule has 0 saturated carbocycles. The highest BCUT2D eigenvalue weighted by Crippen LogP contribution is 2.16. The van der Waals surface area contributed by atoms with Gasteiger partial charge in [-0.2, -0.15) is 0 Å². The summed E-state index contributed by atoms with van der Waals surface area (Å²) in [4.78, 5) is 25.6. The number of nitrogens with zero attached hydrogens (tertiary/aromatic N) is 3. The number of hydrogen-bond donors (Lipinski definition) is 2. The lowest BCUT2D eigenvalue weighted by Gasteiger charge is -2.21. The molecule has 2 amide bonds. The van der Waals surface area contributed by atoms with Crippen LogP contribution in [0.4, 0.5) is 17.2 Å². The van der Waals surface area contributed by atoms with Crippen molar-refractivity contribution in [3.63, 3.8) is 0 Å². The third-order valence-corrected chi connectivity index (χ3v) is 4.27. The van der Waals surface area contributed by atoms with Gasteiger partial charge in [0.05, 0.1) is 0 Å². The molecule has 2 N–H and O–H groups in total. The lowest BCUT2D eigenvalue weighted by atomic mass is 10.2. The van der Waals surface area contributed by atoms with Crippen molar-refractivity contribution in [3.05, 3.63) is 78.0 Å². The summed E-state index contributed by atoms with van der Waals surface area (Å²) in [5.74, 6) is 0.223. The Hall–Kier alpha value is -3.74. The molecule has 0 spiro atoms. The molecule has 3 aromatic rings. The van der Waals surface area contributed by atoms with Gasteiger partial charge in [0.1, 0.15) is 0 Å². The van der Waals surface area contributed by atoms with Gasteiger partial charge in [-0.15, -0.1) is 10.2 Å². The number of hydrogen-bond acceptors (Lipinski definition) is 5. The summed E-state index contributed by atoms with van der Waals surface area (Å²) in [5.41, 5.74) is 2.68. The Balaban J connectivity index is 1.64. The first-order valence-corrected chi connectivity index (χ1v) is 9.36. The van der Waals surface area contributed by atoms with Crippen molar-refractivity contribution >= 4 is 29.0 Å². The zero-order valence-electron chi connectivity index (χ0n) is 16.4. The molecule has 0 aliphatic carbocycles. The van der Waals surface area contributed by atoms with E-state index in [-0.39, 0.29) is 17.5 Å². The molecule has 0 fully saturated rings. The average molecular weight is 389 g/mol. The van der Waals surface area contributed by atoms with Gasteiger partial charge in [0, 0.05) is 31.4 Å². The monoisotopic (exact) mass is 389 g/mol. The van der Waals surface area contributed by atoms with Gasteiger partial charge in [-0.05, 0) is 48.9 Å². The van der Waals surface area contributed by atoms with E-state index in [0.717, 1.165) is 13.1 Å². The second-order valence-electron chi connectivity index (χ2n) is 6.49. The summed E-state index contributed by atoms with van der Waals surface area (Å²) in [5, 5.41) is 13.8. The molecule has 0 aliphatic heterocycles. The Morgan fingerprint density at radius 1 is 0.862 bits per heavy atom. The van der Waals surface area contributed by atoms with E-state index in [1.165, 1.54) is 12.5 Å². The van der Waals surface area contributed by atoms with Crippen LogP contribution in [0.25, 0.3) is 0 Å². The smallest absolute Gasteiger partial charge is 0.276 e. The normalized spacial score (nSPS) is 10.3. The highest BCUT2D eigenvalue weighted by molar-refractivity contribution is 6.03. The number of anilines is 3. The molecule has 0 aliphatic rings. The lowest BCUT2D eigenvalue weighted by Crippen LogP contribution is -2.24. The Labute approximate surface area is 169 Å². The number of aromatic nitrogens is 2. The molecule has 0 unspecified atom stereocenters. The third kappa shape index (κ3) is 5.62. The van der Waals surface area contributed by atoms with E-state index in [0.29, 0.717) is 17.2 Å². The van der Waals surface area contributed by atoms with Gasteiger partial charge in [-0.1, -0.05) is 30.3 Å². The van der Waals surface area contributed by atoms with Crippen LogP contribution in [0.1, 0.15) is 29.9 Å². The van der Waals surface area contributed by atoms with Crippen LogP contribution in [0.15, 0.2) is 66.7 Å². The fourth-order valence-corrected chi connectivity index (χ4v) is 2.81. The minimum Gasteiger partial charge on any atom is -0.351 e. The van der Waals surface area contributed by atoms with E-state index in [9.17, 15) is 9.59 Å². The maximum atomic E-state index is 12.4. The van der Waals surface area contributed by atoms with Gasteiger partial charge in [-0.25, -0.2) is 0 Å². The van der Waals surface area contributed by atoms with Gasteiger partial charge in [-0.3, -0.25) is 9.59 Å². The summed E-state index contributed by atoms with van der Waals surface area (Å²) in [7, 11) is 0. The molecule has 3 rings (SSSR count). The van der Waals surface area contributed by atoms with E-state index >= 15 is 0 Å². The molecule has 148 valence electrons. The van der Waals surface area contributed by atoms with E-state index in [1.54, 1.807) is 36.4 Å². The lowest BCUT2D eigenvalue weighted by molar-refractivity contribution is -0.114. The summed E-state index contributed by atoms with van der Waals surface area (Å²) in [6.45, 7) is 4.99. The zero-order chi connectivity index (χ0) is 20.6. The second kappa shape index (κ2) is 9.45. The standard InChI is InChI=1S/C22H23N5O2/c1-3-27(15-17-7-5-4-6-8-17)21-14-13-20(25-26-21)22(29)24-19-11-9-18(10-12-19)23-16(2)28/h4-14H,3,15H2,1-2H3,(H,23,28)(H,24,29). The largest absolute Gasteiger partial charge is 0.351 e. The molecule has 0 atom stereocenters. The van der Waals surface area contributed by atoms with Gasteiger partial charge in [0.15, 0.2) is 11.5 Å². The fraction of sp³-hybridized carbons (Fsp3) is 0.182. The van der Waals surface area contributed by atoms with Crippen molar-refractivity contribution < 1.29 is 9.59 Å². The van der Waals surface area contributed by atoms with E-state index in [1.807, 2.05) is 18.2 Å². The van der Waals surface area contributed by atoms with Crippen LogP contribution in [0.5, 0.6) is 0 Å². The highest BCUT2D eigenvalue weighted by Gasteiger charge is 2.12. The van der Waals surface area contributed by atoms with Crippen LogP contribution >= 0.6 is 0 Å². The molecule has 0 bridgehead atoms. The molecule has 7 nitrogen and oxygen atoms in total. The molecule has 29 heavy (non-hydrogen) atoms. The predicted octanol–water partition coefficient (Wildman–Crippen LogP) is 3.71. The van der Waals surface area contributed by atoms with Crippen LogP contribution in [-0.4, -0.2) is 28.6 Å². The van der Waals surface area contributed by atoms with Crippen LogP contribution in [0.2, 0.25) is 0 Å². The van der Waals surface area contributed by atoms with E-state index in [4.69, 9.17) is 0 Å². The average Bonchev–Trinajstić information content (AvgIpc) is 2.74. The van der Waals surface area contributed by atoms with Crippen LogP contribution < -0.4 is 15.5 Å². The van der Waals surface area contributed by atoms with Crippen molar-refractivity contribution in [2.75, 3.05) is 22.1 Å². The quantitative estimate of drug-likeness (QED) is 0.643. The fourth-order valence-electron chi connectivity index (χ4n) is 2.81. The first kappa shape index (κ1) is 20.0. The second-order valence-corrected chi connectivity index (χ2v) is 6.49. The van der Waals surface area contributed by atoms with Crippen molar-refractivity contribution in [3.8, 4) is 0 Å². The minimum atomic E-state index is -0.345. The minimum absolute atomic E-state index is 0.148. The van der Waals surface area contributed by atoms with Crippen molar-refractivity contribution in [2.24, 2.45) is 0 Å². The SMILES string of the molecule is CCN(Cc1ccccc1)c1ccc(C(=O)Nc2ccc(NC(C)=O)cc2)nn1. The van der Waals surface area contributed by atoms with Crippen LogP contribution in [-0.2, 0) is 11.3 Å². The maximum Gasteiger partial charge on any atom is 0.276 e. The molecule has 2 aromatic carbocycles. The Morgan fingerprint density at radius 3 is 2.07 bits per heavy atom. The first-order valence-electron chi connectivity index (χ1n) is 9.36. The predicted molar refractivity (Wildman–Crippen MR) is 114 cm³/mol. The van der Waals surface area contributed by atoms with Gasteiger partial charge < -0.3 is 15.5 Å². The summed E-state index contributed by atoms with van der Waals surface area (Å²) >= 11 is 0. The number of carbonyl (C=O) groups is 2. The summed E-state index contributed by atoms with van der Waals surface area (Å²) in [6, 6.07) is 20.4. The molecule has 0 saturated heterocycles. The number of nitrogens with one attached hydrogen (secondary N) is 2. The molecular weight excluding hydrogens is 366 g/mol. The van der Waals surface area contributed by atoms with E-state index in [2.05, 4.69) is 44.8 Å². The van der Waals surface area contributed by atoms with Gasteiger partial charge >= 0.3 is 0 Å².